The van der Waals surface area contributed by atoms with Gasteiger partial charge >= 0.3 is 0 Å². The van der Waals surface area contributed by atoms with Crippen molar-refractivity contribution in [3.05, 3.63) is 77.4 Å². The highest BCUT2D eigenvalue weighted by molar-refractivity contribution is 5.95. The SMILES string of the molecule is Nc1ncc([C@H]2CCC[C@@H](O)C2)nc1-c1ccc(C(=O)NCc2ccccc2)c(F)c1. The number of hydrogen-bond donors (Lipinski definition) is 3. The third-order valence-electron chi connectivity index (χ3n) is 5.67. The second-order valence-corrected chi connectivity index (χ2v) is 7.91. The Kier molecular flexibility index (Phi) is 6.23. The van der Waals surface area contributed by atoms with E-state index in [1.165, 1.54) is 12.1 Å². The number of carbonyl (C=O) groups excluding carboxylic acids is 1. The molecule has 2 aromatic carbocycles. The number of aliphatic hydroxyl groups excluding tert-OH is 1. The van der Waals surface area contributed by atoms with Crippen LogP contribution in [-0.4, -0.2) is 27.1 Å². The average molecular weight is 420 g/mol. The number of aliphatic hydroxyl groups is 1. The zero-order valence-electron chi connectivity index (χ0n) is 17.1. The lowest BCUT2D eigenvalue weighted by molar-refractivity contribution is 0.0947. The normalized spacial score (nSPS) is 18.5. The Balaban J connectivity index is 1.53. The van der Waals surface area contributed by atoms with Crippen LogP contribution in [0.4, 0.5) is 10.2 Å². The van der Waals surface area contributed by atoms with E-state index < -0.39 is 11.7 Å². The second-order valence-electron chi connectivity index (χ2n) is 7.91. The summed E-state index contributed by atoms with van der Waals surface area (Å²) >= 11 is 0. The Morgan fingerprint density at radius 3 is 2.74 bits per heavy atom. The number of rotatable bonds is 5. The minimum Gasteiger partial charge on any atom is -0.393 e. The number of nitrogens with zero attached hydrogens (tertiary/aromatic N) is 2. The summed E-state index contributed by atoms with van der Waals surface area (Å²) in [5.74, 6) is -0.844. The van der Waals surface area contributed by atoms with E-state index in [2.05, 4.69) is 15.3 Å². The number of benzene rings is 2. The van der Waals surface area contributed by atoms with Crippen LogP contribution in [0.1, 0.15) is 53.2 Å². The van der Waals surface area contributed by atoms with E-state index >= 15 is 0 Å². The van der Waals surface area contributed by atoms with Crippen molar-refractivity contribution < 1.29 is 14.3 Å². The number of aromatic nitrogens is 2. The van der Waals surface area contributed by atoms with Crippen LogP contribution in [0, 0.1) is 5.82 Å². The number of amides is 1. The van der Waals surface area contributed by atoms with Gasteiger partial charge in [0.05, 0.1) is 23.6 Å². The van der Waals surface area contributed by atoms with Crippen LogP contribution in [0.2, 0.25) is 0 Å². The minimum absolute atomic E-state index is 0.0437. The minimum atomic E-state index is -0.650. The summed E-state index contributed by atoms with van der Waals surface area (Å²) in [6.45, 7) is 0.314. The molecule has 1 saturated carbocycles. The maximum absolute atomic E-state index is 14.8. The molecule has 6 nitrogen and oxygen atoms in total. The van der Waals surface area contributed by atoms with E-state index in [-0.39, 0.29) is 23.4 Å². The van der Waals surface area contributed by atoms with Gasteiger partial charge in [-0.2, -0.15) is 0 Å². The third kappa shape index (κ3) is 4.88. The van der Waals surface area contributed by atoms with Crippen molar-refractivity contribution in [3.63, 3.8) is 0 Å². The molecule has 0 aliphatic heterocycles. The molecule has 0 radical (unpaired) electrons. The van der Waals surface area contributed by atoms with Crippen molar-refractivity contribution in [2.75, 3.05) is 5.73 Å². The van der Waals surface area contributed by atoms with E-state index in [0.717, 1.165) is 30.5 Å². The third-order valence-corrected chi connectivity index (χ3v) is 5.67. The predicted molar refractivity (Wildman–Crippen MR) is 117 cm³/mol. The molecule has 3 aromatic rings. The first-order valence-electron chi connectivity index (χ1n) is 10.4. The fourth-order valence-corrected chi connectivity index (χ4v) is 3.97. The molecule has 1 heterocycles. The van der Waals surface area contributed by atoms with Gasteiger partial charge in [0, 0.05) is 18.0 Å². The number of halogens is 1. The molecule has 31 heavy (non-hydrogen) atoms. The molecule has 0 saturated heterocycles. The molecule has 4 rings (SSSR count). The predicted octanol–water partition coefficient (Wildman–Crippen LogP) is 3.81. The van der Waals surface area contributed by atoms with E-state index in [1.54, 1.807) is 12.3 Å². The molecular formula is C24H25FN4O2. The van der Waals surface area contributed by atoms with Crippen molar-refractivity contribution in [1.82, 2.24) is 15.3 Å². The number of nitrogens with one attached hydrogen (secondary N) is 1. The molecule has 160 valence electrons. The van der Waals surface area contributed by atoms with Gasteiger partial charge in [0.15, 0.2) is 0 Å². The van der Waals surface area contributed by atoms with E-state index in [4.69, 9.17) is 5.73 Å². The van der Waals surface area contributed by atoms with Crippen molar-refractivity contribution in [2.24, 2.45) is 0 Å². The molecule has 4 N–H and O–H groups in total. The van der Waals surface area contributed by atoms with Crippen LogP contribution < -0.4 is 11.1 Å². The highest BCUT2D eigenvalue weighted by Crippen LogP contribution is 2.33. The summed E-state index contributed by atoms with van der Waals surface area (Å²) in [6.07, 6.45) is 4.56. The maximum atomic E-state index is 14.8. The van der Waals surface area contributed by atoms with Crippen LogP contribution in [0.3, 0.4) is 0 Å². The molecule has 0 bridgehead atoms. The van der Waals surface area contributed by atoms with Gasteiger partial charge in [-0.1, -0.05) is 42.8 Å². The van der Waals surface area contributed by atoms with Gasteiger partial charge in [0.2, 0.25) is 0 Å². The van der Waals surface area contributed by atoms with Crippen molar-refractivity contribution in [1.29, 1.82) is 0 Å². The monoisotopic (exact) mass is 420 g/mol. The maximum Gasteiger partial charge on any atom is 0.254 e. The first-order chi connectivity index (χ1) is 15.0. The first kappa shape index (κ1) is 20.9. The zero-order chi connectivity index (χ0) is 21.8. The van der Waals surface area contributed by atoms with E-state index in [0.29, 0.717) is 24.2 Å². The lowest BCUT2D eigenvalue weighted by Gasteiger charge is -2.25. The van der Waals surface area contributed by atoms with E-state index in [9.17, 15) is 14.3 Å². The van der Waals surface area contributed by atoms with Gasteiger partial charge in [-0.15, -0.1) is 0 Å². The number of anilines is 1. The Morgan fingerprint density at radius 2 is 2.00 bits per heavy atom. The molecule has 0 unspecified atom stereocenters. The van der Waals surface area contributed by atoms with Crippen LogP contribution in [-0.2, 0) is 6.54 Å². The van der Waals surface area contributed by atoms with Gasteiger partial charge in [-0.05, 0) is 37.0 Å². The van der Waals surface area contributed by atoms with Crippen LogP contribution in [0.5, 0.6) is 0 Å². The first-order valence-corrected chi connectivity index (χ1v) is 10.4. The van der Waals surface area contributed by atoms with Crippen LogP contribution in [0.25, 0.3) is 11.3 Å². The molecule has 1 aliphatic carbocycles. The van der Waals surface area contributed by atoms with Crippen molar-refractivity contribution in [2.45, 2.75) is 44.2 Å². The highest BCUT2D eigenvalue weighted by atomic mass is 19.1. The summed E-state index contributed by atoms with van der Waals surface area (Å²) in [5.41, 5.74) is 8.49. The topological polar surface area (TPSA) is 101 Å². The lowest BCUT2D eigenvalue weighted by atomic mass is 9.85. The quantitative estimate of drug-likeness (QED) is 0.583. The Morgan fingerprint density at radius 1 is 1.19 bits per heavy atom. The number of hydrogen-bond acceptors (Lipinski definition) is 5. The zero-order valence-corrected chi connectivity index (χ0v) is 17.1. The van der Waals surface area contributed by atoms with Crippen molar-refractivity contribution in [3.8, 4) is 11.3 Å². The Bertz CT molecular complexity index is 1070. The van der Waals surface area contributed by atoms with Crippen LogP contribution >= 0.6 is 0 Å². The lowest BCUT2D eigenvalue weighted by Crippen LogP contribution is -2.23. The fourth-order valence-electron chi connectivity index (χ4n) is 3.97. The molecule has 7 heteroatoms. The summed E-state index contributed by atoms with van der Waals surface area (Å²) in [7, 11) is 0. The largest absolute Gasteiger partial charge is 0.393 e. The fraction of sp³-hybridized carbons (Fsp3) is 0.292. The molecular weight excluding hydrogens is 395 g/mol. The summed E-state index contributed by atoms with van der Waals surface area (Å²) in [5, 5.41) is 12.7. The number of carbonyl (C=O) groups is 1. The van der Waals surface area contributed by atoms with Gasteiger partial charge in [-0.3, -0.25) is 4.79 Å². The smallest absolute Gasteiger partial charge is 0.254 e. The second kappa shape index (κ2) is 9.22. The van der Waals surface area contributed by atoms with Gasteiger partial charge < -0.3 is 16.2 Å². The molecule has 0 spiro atoms. The number of nitrogen functional groups attached to an aromatic ring is 1. The standard InChI is InChI=1S/C24H25FN4O2/c25-20-12-17(9-10-19(20)24(31)28-13-15-5-2-1-3-6-15)22-23(26)27-14-21(29-22)16-7-4-8-18(30)11-16/h1-3,5-6,9-10,12,14,16,18,30H,4,7-8,11,13H2,(H2,26,27)(H,28,31)/t16-,18+/m0/s1. The molecule has 1 aromatic heterocycles. The summed E-state index contributed by atoms with van der Waals surface area (Å²) in [6, 6.07) is 13.7. The summed E-state index contributed by atoms with van der Waals surface area (Å²) < 4.78 is 14.8. The molecule has 1 fully saturated rings. The molecule has 1 aliphatic rings. The van der Waals surface area contributed by atoms with Gasteiger partial charge in [-0.25, -0.2) is 14.4 Å². The summed E-state index contributed by atoms with van der Waals surface area (Å²) in [4.78, 5) is 21.3. The van der Waals surface area contributed by atoms with Gasteiger partial charge in [0.1, 0.15) is 17.3 Å². The van der Waals surface area contributed by atoms with Crippen LogP contribution in [0.15, 0.2) is 54.7 Å². The average Bonchev–Trinajstić information content (AvgIpc) is 2.78. The highest BCUT2D eigenvalue weighted by Gasteiger charge is 2.24. The van der Waals surface area contributed by atoms with Crippen molar-refractivity contribution >= 4 is 11.7 Å². The van der Waals surface area contributed by atoms with Gasteiger partial charge in [0.25, 0.3) is 5.91 Å². The Hall–Kier alpha value is -3.32. The number of nitrogens with two attached hydrogens (primary N) is 1. The molecule has 2 atom stereocenters. The van der Waals surface area contributed by atoms with E-state index in [1.807, 2.05) is 30.3 Å². The Labute approximate surface area is 180 Å². The molecule has 1 amide bonds.